The second-order valence-corrected chi connectivity index (χ2v) is 3.17. The molecule has 1 aliphatic rings. The first-order valence-corrected chi connectivity index (χ1v) is 4.13. The average molecular weight is 195 g/mol. The molecule has 3 nitrogen and oxygen atoms in total. The first kappa shape index (κ1) is 10.4. The van der Waals surface area contributed by atoms with Crippen LogP contribution in [0.25, 0.3) is 0 Å². The largest absolute Gasteiger partial charge is 0.492 e. The summed E-state index contributed by atoms with van der Waals surface area (Å²) >= 11 is 0. The van der Waals surface area contributed by atoms with Crippen molar-refractivity contribution in [2.75, 3.05) is 19.5 Å². The molecule has 13 heavy (non-hydrogen) atoms. The number of hydrogen-bond acceptors (Lipinski definition) is 2. The molecular formula is C6H11BF3N2O-. The van der Waals surface area contributed by atoms with Gasteiger partial charge in [0.1, 0.15) is 0 Å². The van der Waals surface area contributed by atoms with Crippen molar-refractivity contribution in [3.8, 4) is 0 Å². The van der Waals surface area contributed by atoms with Gasteiger partial charge in [0.15, 0.2) is 0 Å². The lowest BCUT2D eigenvalue weighted by molar-refractivity contribution is -0.127. The van der Waals surface area contributed by atoms with Crippen LogP contribution >= 0.6 is 0 Å². The highest BCUT2D eigenvalue weighted by molar-refractivity contribution is 6.58. The number of nitrogens with zero attached hydrogens (tertiary/aromatic N) is 1. The van der Waals surface area contributed by atoms with Gasteiger partial charge in [-0.2, -0.15) is 0 Å². The minimum Gasteiger partial charge on any atom is -0.448 e. The van der Waals surface area contributed by atoms with Crippen molar-refractivity contribution < 1.29 is 17.7 Å². The molecule has 1 atom stereocenters. The van der Waals surface area contributed by atoms with Gasteiger partial charge in [-0.05, 0) is 13.4 Å². The Morgan fingerprint density at radius 1 is 1.62 bits per heavy atom. The fourth-order valence-corrected chi connectivity index (χ4v) is 1.35. The molecule has 1 amide bonds. The van der Waals surface area contributed by atoms with Gasteiger partial charge >= 0.3 is 6.98 Å². The summed E-state index contributed by atoms with van der Waals surface area (Å²) in [5.74, 6) is -0.327. The van der Waals surface area contributed by atoms with Crippen LogP contribution in [0.3, 0.4) is 0 Å². The second-order valence-electron chi connectivity index (χ2n) is 3.17. The maximum Gasteiger partial charge on any atom is 0.492 e. The van der Waals surface area contributed by atoms with Gasteiger partial charge in [-0.1, -0.05) is 0 Å². The third-order valence-electron chi connectivity index (χ3n) is 2.07. The molecule has 1 fully saturated rings. The first-order valence-electron chi connectivity index (χ1n) is 4.13. The third-order valence-corrected chi connectivity index (χ3v) is 2.07. The number of nitrogens with one attached hydrogen (secondary N) is 1. The van der Waals surface area contributed by atoms with Gasteiger partial charge in [0.05, 0.1) is 6.04 Å². The topological polar surface area (TPSA) is 32.3 Å². The van der Waals surface area contributed by atoms with E-state index in [0.717, 1.165) is 4.90 Å². The zero-order valence-corrected chi connectivity index (χ0v) is 7.27. The summed E-state index contributed by atoms with van der Waals surface area (Å²) in [6.45, 7) is -2.78. The highest BCUT2D eigenvalue weighted by atomic mass is 19.4. The second kappa shape index (κ2) is 3.57. The van der Waals surface area contributed by atoms with E-state index in [1.165, 1.54) is 6.92 Å². The molecule has 1 rings (SSSR count). The van der Waals surface area contributed by atoms with Gasteiger partial charge in [-0.15, -0.1) is 0 Å². The number of amides is 1. The van der Waals surface area contributed by atoms with Gasteiger partial charge in [-0.25, -0.2) is 0 Å². The van der Waals surface area contributed by atoms with Crippen LogP contribution in [0.1, 0.15) is 6.92 Å². The Balaban J connectivity index is 2.54. The zero-order valence-electron chi connectivity index (χ0n) is 7.27. The molecule has 0 aromatic rings. The van der Waals surface area contributed by atoms with Gasteiger partial charge in [0, 0.05) is 13.1 Å². The summed E-state index contributed by atoms with van der Waals surface area (Å²) in [6.07, 6.45) is -0.950. The van der Waals surface area contributed by atoms with Crippen molar-refractivity contribution in [1.29, 1.82) is 0 Å². The predicted molar refractivity (Wildman–Crippen MR) is 43.1 cm³/mol. The Kier molecular flexibility index (Phi) is 2.85. The smallest absolute Gasteiger partial charge is 0.448 e. The molecule has 0 aromatic carbocycles. The van der Waals surface area contributed by atoms with Crippen molar-refractivity contribution in [1.82, 2.24) is 10.2 Å². The lowest BCUT2D eigenvalue weighted by Gasteiger charge is -2.35. The van der Waals surface area contributed by atoms with Crippen LogP contribution in [0.15, 0.2) is 0 Å². The molecular weight excluding hydrogens is 184 g/mol. The summed E-state index contributed by atoms with van der Waals surface area (Å²) in [6, 6.07) is -0.669. The summed E-state index contributed by atoms with van der Waals surface area (Å²) < 4.78 is 36.1. The fraction of sp³-hybridized carbons (Fsp3) is 0.833. The highest BCUT2D eigenvalue weighted by Crippen LogP contribution is 2.13. The van der Waals surface area contributed by atoms with E-state index < -0.39 is 19.5 Å². The Hall–Kier alpha value is -0.715. The molecule has 76 valence electrons. The third kappa shape index (κ3) is 2.91. The van der Waals surface area contributed by atoms with Crippen molar-refractivity contribution in [2.24, 2.45) is 0 Å². The molecule has 1 aliphatic heterocycles. The molecule has 7 heteroatoms. The molecule has 0 bridgehead atoms. The standard InChI is InChI=1S/C6H11BF3N2O/c1-5-6(13)11-2-3-12(5)4-7(8,9)10/h5H,2-4H2,1H3,(H,11,13)/q-1. The summed E-state index contributed by atoms with van der Waals surface area (Å²) in [7, 11) is 0. The summed E-state index contributed by atoms with van der Waals surface area (Å²) in [4.78, 5) is 12.1. The Labute approximate surface area is 74.3 Å². The first-order chi connectivity index (χ1) is 5.90. The lowest BCUT2D eigenvalue weighted by Crippen LogP contribution is -2.56. The quantitative estimate of drug-likeness (QED) is 0.638. The number of halogens is 3. The minimum absolute atomic E-state index is 0.272. The van der Waals surface area contributed by atoms with E-state index in [-0.39, 0.29) is 12.5 Å². The van der Waals surface area contributed by atoms with Gasteiger partial charge in [-0.3, -0.25) is 4.79 Å². The highest BCUT2D eigenvalue weighted by Gasteiger charge is 2.32. The maximum atomic E-state index is 12.0. The van der Waals surface area contributed by atoms with E-state index in [0.29, 0.717) is 6.54 Å². The minimum atomic E-state index is -4.83. The number of piperazine rings is 1. The molecule has 0 aromatic heterocycles. The van der Waals surface area contributed by atoms with Crippen LogP contribution in [0.2, 0.25) is 0 Å². The van der Waals surface area contributed by atoms with Crippen LogP contribution < -0.4 is 5.32 Å². The monoisotopic (exact) mass is 195 g/mol. The van der Waals surface area contributed by atoms with E-state index in [1.54, 1.807) is 0 Å². The van der Waals surface area contributed by atoms with E-state index in [2.05, 4.69) is 5.32 Å². The average Bonchev–Trinajstić information content (AvgIpc) is 1.96. The van der Waals surface area contributed by atoms with E-state index in [9.17, 15) is 17.7 Å². The number of rotatable bonds is 2. The van der Waals surface area contributed by atoms with Crippen molar-refractivity contribution in [3.63, 3.8) is 0 Å². The van der Waals surface area contributed by atoms with Crippen molar-refractivity contribution in [3.05, 3.63) is 0 Å². The maximum absolute atomic E-state index is 12.0. The Morgan fingerprint density at radius 3 is 2.77 bits per heavy atom. The van der Waals surface area contributed by atoms with Crippen molar-refractivity contribution >= 4 is 12.9 Å². The molecule has 0 spiro atoms. The normalized spacial score (nSPS) is 25.8. The van der Waals surface area contributed by atoms with Gasteiger partial charge < -0.3 is 23.2 Å². The van der Waals surface area contributed by atoms with Crippen LogP contribution in [-0.2, 0) is 4.79 Å². The molecule has 1 saturated heterocycles. The van der Waals surface area contributed by atoms with Crippen molar-refractivity contribution in [2.45, 2.75) is 13.0 Å². The van der Waals surface area contributed by atoms with E-state index in [4.69, 9.17) is 0 Å². The molecule has 0 radical (unpaired) electrons. The van der Waals surface area contributed by atoms with E-state index >= 15 is 0 Å². The molecule has 1 N–H and O–H groups in total. The SMILES string of the molecule is CC1C(=O)NCCN1C[B-](F)(F)F. The fourth-order valence-electron chi connectivity index (χ4n) is 1.35. The predicted octanol–water partition coefficient (Wildman–Crippen LogP) is 0.193. The van der Waals surface area contributed by atoms with E-state index in [1.807, 2.05) is 0 Å². The van der Waals surface area contributed by atoms with Crippen LogP contribution in [0.4, 0.5) is 12.9 Å². The molecule has 1 heterocycles. The lowest BCUT2D eigenvalue weighted by atomic mass is 9.90. The summed E-state index contributed by atoms with van der Waals surface area (Å²) in [5, 5.41) is 2.51. The van der Waals surface area contributed by atoms with Crippen LogP contribution in [0.5, 0.6) is 0 Å². The zero-order chi connectivity index (χ0) is 10.1. The number of hydrogen-bond donors (Lipinski definition) is 1. The number of carbonyl (C=O) groups excluding carboxylic acids is 1. The van der Waals surface area contributed by atoms with Crippen LogP contribution in [0, 0.1) is 0 Å². The molecule has 0 aliphatic carbocycles. The summed E-state index contributed by atoms with van der Waals surface area (Å²) in [5.41, 5.74) is 0. The Bertz CT molecular complexity index is 209. The van der Waals surface area contributed by atoms with Gasteiger partial charge in [0.25, 0.3) is 0 Å². The molecule has 1 unspecified atom stereocenters. The van der Waals surface area contributed by atoms with Gasteiger partial charge in [0.2, 0.25) is 5.91 Å². The number of carbonyl (C=O) groups is 1. The Morgan fingerprint density at radius 2 is 2.23 bits per heavy atom. The van der Waals surface area contributed by atoms with Crippen LogP contribution in [-0.4, -0.2) is 43.4 Å². The molecule has 0 saturated carbocycles.